The van der Waals surface area contributed by atoms with Crippen LogP contribution in [0.25, 0.3) is 0 Å². The van der Waals surface area contributed by atoms with Crippen molar-refractivity contribution < 1.29 is 4.74 Å². The molecular weight excluding hydrogens is 233 g/mol. The number of fused-ring (bicyclic) bond motifs is 1. The predicted octanol–water partition coefficient (Wildman–Crippen LogP) is 3.55. The normalized spacial score (nSPS) is 23.1. The number of hydrogen-bond acceptors (Lipinski definition) is 2. The zero-order chi connectivity index (χ0) is 11.2. The van der Waals surface area contributed by atoms with Crippen molar-refractivity contribution >= 4 is 23.2 Å². The summed E-state index contributed by atoms with van der Waals surface area (Å²) in [4.78, 5) is 0. The first-order valence-corrected chi connectivity index (χ1v) is 5.58. The Morgan fingerprint density at radius 2 is 2.07 bits per heavy atom. The Labute approximate surface area is 99.3 Å². The Bertz CT molecular complexity index is 404. The van der Waals surface area contributed by atoms with Gasteiger partial charge in [0, 0.05) is 23.0 Å². The lowest BCUT2D eigenvalue weighted by atomic mass is 9.90. The lowest BCUT2D eigenvalue weighted by Crippen LogP contribution is -2.37. The number of halogens is 2. The fourth-order valence-electron chi connectivity index (χ4n) is 1.98. The van der Waals surface area contributed by atoms with E-state index in [-0.39, 0.29) is 11.6 Å². The van der Waals surface area contributed by atoms with Gasteiger partial charge in [-0.05, 0) is 26.0 Å². The molecule has 1 unspecified atom stereocenters. The second-order valence-electron chi connectivity index (χ2n) is 4.47. The molecule has 0 aromatic heterocycles. The maximum atomic E-state index is 6.09. The SMILES string of the molecule is CC1(C)CC(N)c2c(Cl)cc(Cl)cc2O1. The van der Waals surface area contributed by atoms with E-state index < -0.39 is 0 Å². The van der Waals surface area contributed by atoms with Gasteiger partial charge in [0.05, 0.1) is 5.02 Å². The molecule has 2 rings (SSSR count). The van der Waals surface area contributed by atoms with Crippen molar-refractivity contribution in [2.24, 2.45) is 5.73 Å². The second kappa shape index (κ2) is 3.55. The van der Waals surface area contributed by atoms with Crippen molar-refractivity contribution in [3.63, 3.8) is 0 Å². The van der Waals surface area contributed by atoms with E-state index in [4.69, 9.17) is 33.7 Å². The van der Waals surface area contributed by atoms with Crippen molar-refractivity contribution in [2.45, 2.75) is 31.9 Å². The van der Waals surface area contributed by atoms with Crippen LogP contribution in [0.15, 0.2) is 12.1 Å². The Morgan fingerprint density at radius 3 is 2.73 bits per heavy atom. The fourth-order valence-corrected chi connectivity index (χ4v) is 2.59. The molecule has 0 bridgehead atoms. The summed E-state index contributed by atoms with van der Waals surface area (Å²) in [5.41, 5.74) is 6.66. The standard InChI is InChI=1S/C11H13Cl2NO/c1-11(2)5-8(14)10-7(13)3-6(12)4-9(10)15-11/h3-4,8H,5,14H2,1-2H3. The lowest BCUT2D eigenvalue weighted by molar-refractivity contribution is 0.0729. The summed E-state index contributed by atoms with van der Waals surface area (Å²) >= 11 is 12.0. The summed E-state index contributed by atoms with van der Waals surface area (Å²) < 4.78 is 5.80. The molecule has 2 N–H and O–H groups in total. The van der Waals surface area contributed by atoms with E-state index in [0.717, 1.165) is 12.0 Å². The molecule has 0 radical (unpaired) electrons. The highest BCUT2D eigenvalue weighted by Gasteiger charge is 2.33. The van der Waals surface area contributed by atoms with Crippen LogP contribution in [0.3, 0.4) is 0 Å². The maximum absolute atomic E-state index is 6.09. The highest BCUT2D eigenvalue weighted by Crippen LogP contribution is 2.43. The van der Waals surface area contributed by atoms with Crippen molar-refractivity contribution in [3.05, 3.63) is 27.7 Å². The summed E-state index contributed by atoms with van der Waals surface area (Å²) in [6.45, 7) is 4.01. The van der Waals surface area contributed by atoms with Gasteiger partial charge in [-0.2, -0.15) is 0 Å². The molecule has 15 heavy (non-hydrogen) atoms. The maximum Gasteiger partial charge on any atom is 0.127 e. The summed E-state index contributed by atoms with van der Waals surface area (Å²) in [6, 6.07) is 3.38. The highest BCUT2D eigenvalue weighted by molar-refractivity contribution is 6.35. The van der Waals surface area contributed by atoms with Crippen LogP contribution in [0.5, 0.6) is 5.75 Å². The van der Waals surface area contributed by atoms with Crippen LogP contribution >= 0.6 is 23.2 Å². The Hall–Kier alpha value is -0.440. The molecule has 0 amide bonds. The molecule has 1 atom stereocenters. The molecule has 1 aromatic carbocycles. The molecule has 1 heterocycles. The van der Waals surface area contributed by atoms with Gasteiger partial charge in [-0.3, -0.25) is 0 Å². The average molecular weight is 246 g/mol. The Balaban J connectivity index is 2.55. The molecule has 4 heteroatoms. The van der Waals surface area contributed by atoms with Crippen LogP contribution < -0.4 is 10.5 Å². The minimum Gasteiger partial charge on any atom is -0.487 e. The van der Waals surface area contributed by atoms with Crippen LogP contribution in [-0.4, -0.2) is 5.60 Å². The molecule has 1 aliphatic rings. The molecule has 0 saturated heterocycles. The molecule has 0 aliphatic carbocycles. The van der Waals surface area contributed by atoms with Gasteiger partial charge in [0.1, 0.15) is 11.4 Å². The lowest BCUT2D eigenvalue weighted by Gasteiger charge is -2.36. The van der Waals surface area contributed by atoms with Gasteiger partial charge >= 0.3 is 0 Å². The summed E-state index contributed by atoms with van der Waals surface area (Å²) in [7, 11) is 0. The number of benzene rings is 1. The Morgan fingerprint density at radius 1 is 1.40 bits per heavy atom. The average Bonchev–Trinajstić information content (AvgIpc) is 1.97. The molecular formula is C11H13Cl2NO. The topological polar surface area (TPSA) is 35.2 Å². The van der Waals surface area contributed by atoms with E-state index in [0.29, 0.717) is 15.8 Å². The molecule has 82 valence electrons. The number of hydrogen-bond donors (Lipinski definition) is 1. The van der Waals surface area contributed by atoms with E-state index in [1.807, 2.05) is 13.8 Å². The number of rotatable bonds is 0. The first-order chi connectivity index (χ1) is 6.89. The van der Waals surface area contributed by atoms with Gasteiger partial charge in [-0.1, -0.05) is 23.2 Å². The van der Waals surface area contributed by atoms with Crippen molar-refractivity contribution in [1.29, 1.82) is 0 Å². The van der Waals surface area contributed by atoms with Crippen LogP contribution in [-0.2, 0) is 0 Å². The minimum absolute atomic E-state index is 0.0893. The second-order valence-corrected chi connectivity index (χ2v) is 5.32. The third kappa shape index (κ3) is 2.07. The smallest absolute Gasteiger partial charge is 0.127 e. The van der Waals surface area contributed by atoms with Crippen LogP contribution in [0.1, 0.15) is 31.9 Å². The molecule has 0 spiro atoms. The van der Waals surface area contributed by atoms with Crippen LogP contribution in [0.2, 0.25) is 10.0 Å². The van der Waals surface area contributed by atoms with Crippen LogP contribution in [0, 0.1) is 0 Å². The van der Waals surface area contributed by atoms with Gasteiger partial charge in [-0.15, -0.1) is 0 Å². The molecule has 0 fully saturated rings. The van der Waals surface area contributed by atoms with E-state index in [1.165, 1.54) is 0 Å². The monoisotopic (exact) mass is 245 g/mol. The van der Waals surface area contributed by atoms with E-state index in [9.17, 15) is 0 Å². The van der Waals surface area contributed by atoms with E-state index >= 15 is 0 Å². The van der Waals surface area contributed by atoms with Crippen molar-refractivity contribution in [3.8, 4) is 5.75 Å². The van der Waals surface area contributed by atoms with E-state index in [2.05, 4.69) is 0 Å². The summed E-state index contributed by atoms with van der Waals surface area (Å²) in [5, 5.41) is 1.16. The highest BCUT2D eigenvalue weighted by atomic mass is 35.5. The quantitative estimate of drug-likeness (QED) is 0.759. The van der Waals surface area contributed by atoms with Gasteiger partial charge < -0.3 is 10.5 Å². The predicted molar refractivity (Wildman–Crippen MR) is 62.7 cm³/mol. The third-order valence-electron chi connectivity index (χ3n) is 2.52. The van der Waals surface area contributed by atoms with Crippen LogP contribution in [0.4, 0.5) is 0 Å². The fraction of sp³-hybridized carbons (Fsp3) is 0.455. The largest absolute Gasteiger partial charge is 0.487 e. The first-order valence-electron chi connectivity index (χ1n) is 4.82. The minimum atomic E-state index is -0.263. The summed E-state index contributed by atoms with van der Waals surface area (Å²) in [5.74, 6) is 0.705. The van der Waals surface area contributed by atoms with Gasteiger partial charge in [0.25, 0.3) is 0 Å². The summed E-state index contributed by atoms with van der Waals surface area (Å²) in [6.07, 6.45) is 0.751. The van der Waals surface area contributed by atoms with Gasteiger partial charge in [0.15, 0.2) is 0 Å². The molecule has 1 aliphatic heterocycles. The zero-order valence-corrected chi connectivity index (χ0v) is 10.2. The molecule has 1 aromatic rings. The third-order valence-corrected chi connectivity index (χ3v) is 3.06. The molecule has 2 nitrogen and oxygen atoms in total. The zero-order valence-electron chi connectivity index (χ0n) is 8.68. The van der Waals surface area contributed by atoms with Gasteiger partial charge in [-0.25, -0.2) is 0 Å². The number of ether oxygens (including phenoxy) is 1. The number of nitrogens with two attached hydrogens (primary N) is 1. The van der Waals surface area contributed by atoms with E-state index in [1.54, 1.807) is 12.1 Å². The van der Waals surface area contributed by atoms with Crippen molar-refractivity contribution in [1.82, 2.24) is 0 Å². The van der Waals surface area contributed by atoms with Crippen molar-refractivity contribution in [2.75, 3.05) is 0 Å². The molecule has 0 saturated carbocycles. The first kappa shape index (κ1) is 11.1. The van der Waals surface area contributed by atoms with Gasteiger partial charge in [0.2, 0.25) is 0 Å². The Kier molecular flexibility index (Phi) is 2.61.